The summed E-state index contributed by atoms with van der Waals surface area (Å²) in [7, 11) is 0. The summed E-state index contributed by atoms with van der Waals surface area (Å²) in [6.07, 6.45) is 1.65. The summed E-state index contributed by atoms with van der Waals surface area (Å²) in [5.74, 6) is -0.0767. The minimum atomic E-state index is -0.658. The molecule has 2 heterocycles. The number of carbonyl (C=O) groups excluding carboxylic acids is 2. The van der Waals surface area contributed by atoms with E-state index in [1.807, 2.05) is 54.6 Å². The Kier molecular flexibility index (Phi) is 7.52. The molecule has 1 atom stereocenters. The predicted molar refractivity (Wildman–Crippen MR) is 120 cm³/mol. The lowest BCUT2D eigenvalue weighted by atomic mass is 9.84. The number of amides is 2. The van der Waals surface area contributed by atoms with Gasteiger partial charge in [-0.25, -0.2) is 0 Å². The van der Waals surface area contributed by atoms with Crippen molar-refractivity contribution >= 4 is 48.0 Å². The van der Waals surface area contributed by atoms with E-state index in [0.29, 0.717) is 32.4 Å². The number of para-hydroxylation sites is 2. The smallest absolute Gasteiger partial charge is 0.250 e. The molecular formula is C21H26Cl2N4O2. The first-order chi connectivity index (χ1) is 13.1. The van der Waals surface area contributed by atoms with Gasteiger partial charge in [0.25, 0.3) is 0 Å². The fourth-order valence-electron chi connectivity index (χ4n) is 3.91. The third-order valence-electron chi connectivity index (χ3n) is 5.53. The number of halogens is 2. The lowest BCUT2D eigenvalue weighted by Gasteiger charge is -2.44. The minimum Gasteiger partial charge on any atom is -0.369 e. The largest absolute Gasteiger partial charge is 0.369 e. The summed E-state index contributed by atoms with van der Waals surface area (Å²) in [5, 5.41) is 6.40. The van der Waals surface area contributed by atoms with E-state index in [9.17, 15) is 9.59 Å². The Morgan fingerprint density at radius 2 is 1.59 bits per heavy atom. The van der Waals surface area contributed by atoms with Gasteiger partial charge in [-0.1, -0.05) is 42.5 Å². The van der Waals surface area contributed by atoms with Crippen LogP contribution in [0.5, 0.6) is 0 Å². The molecule has 0 bridgehead atoms. The van der Waals surface area contributed by atoms with Crippen molar-refractivity contribution in [2.75, 3.05) is 23.7 Å². The Balaban J connectivity index is 0.00000150. The molecule has 0 radical (unpaired) electrons. The van der Waals surface area contributed by atoms with E-state index < -0.39 is 11.6 Å². The molecule has 2 aliphatic rings. The van der Waals surface area contributed by atoms with Gasteiger partial charge in [-0.3, -0.25) is 9.59 Å². The number of fused-ring (bicyclic) bond motifs is 1. The number of nitrogens with two attached hydrogens (primary N) is 1. The van der Waals surface area contributed by atoms with Crippen molar-refractivity contribution in [3.8, 4) is 0 Å². The molecule has 0 aliphatic carbocycles. The quantitative estimate of drug-likeness (QED) is 0.689. The lowest BCUT2D eigenvalue weighted by molar-refractivity contribution is -0.136. The molecule has 1 saturated heterocycles. The molecule has 2 amide bonds. The number of nitrogens with one attached hydrogen (secondary N) is 2. The molecule has 0 unspecified atom stereocenters. The molecule has 4 rings (SSSR count). The maximum atomic E-state index is 12.7. The number of rotatable bonds is 3. The molecule has 8 heteroatoms. The van der Waals surface area contributed by atoms with Crippen molar-refractivity contribution in [2.45, 2.75) is 30.8 Å². The van der Waals surface area contributed by atoms with Gasteiger partial charge in [0, 0.05) is 13.1 Å². The van der Waals surface area contributed by atoms with E-state index in [2.05, 4.69) is 10.6 Å². The monoisotopic (exact) mass is 436 g/mol. The van der Waals surface area contributed by atoms with Gasteiger partial charge in [0.15, 0.2) is 0 Å². The number of hydrogen-bond donors (Lipinski definition) is 3. The highest BCUT2D eigenvalue weighted by atomic mass is 35.5. The lowest BCUT2D eigenvalue weighted by Crippen LogP contribution is -2.60. The number of anilines is 2. The van der Waals surface area contributed by atoms with Crippen LogP contribution in [0.2, 0.25) is 0 Å². The predicted octanol–water partition coefficient (Wildman–Crippen LogP) is 2.83. The molecule has 0 aromatic heterocycles. The third-order valence-corrected chi connectivity index (χ3v) is 5.53. The molecule has 1 spiro atoms. The van der Waals surface area contributed by atoms with Crippen molar-refractivity contribution in [1.29, 1.82) is 0 Å². The van der Waals surface area contributed by atoms with E-state index in [1.54, 1.807) is 4.90 Å². The molecule has 156 valence electrons. The van der Waals surface area contributed by atoms with Crippen LogP contribution in [0.3, 0.4) is 0 Å². The SMILES string of the molecule is Cl.Cl.N[C@H](Cc1ccccc1)C(=O)N1CCC2(CC1)Nc1ccccc1NC2=O. The Morgan fingerprint density at radius 1 is 1.00 bits per heavy atom. The second-order valence-electron chi connectivity index (χ2n) is 7.33. The van der Waals surface area contributed by atoms with Gasteiger partial charge in [-0.15, -0.1) is 24.8 Å². The summed E-state index contributed by atoms with van der Waals surface area (Å²) in [4.78, 5) is 27.2. The van der Waals surface area contributed by atoms with Crippen LogP contribution in [0.4, 0.5) is 11.4 Å². The molecule has 0 saturated carbocycles. The average Bonchev–Trinajstić information content (AvgIpc) is 2.70. The molecule has 2 aliphatic heterocycles. The average molecular weight is 437 g/mol. The summed E-state index contributed by atoms with van der Waals surface area (Å²) < 4.78 is 0. The molecule has 6 nitrogen and oxygen atoms in total. The van der Waals surface area contributed by atoms with E-state index in [0.717, 1.165) is 16.9 Å². The Bertz CT molecular complexity index is 855. The second kappa shape index (κ2) is 9.48. The van der Waals surface area contributed by atoms with E-state index >= 15 is 0 Å². The van der Waals surface area contributed by atoms with Crippen LogP contribution in [0.25, 0.3) is 0 Å². The standard InChI is InChI=1S/C21H24N4O2.2ClH/c22-16(14-15-6-2-1-3-7-15)19(26)25-12-10-21(11-13-25)20(27)23-17-8-4-5-9-18(17)24-21;;/h1-9,16,24H,10-14,22H2,(H,23,27);2*1H/t16-;;/m1../s1. The topological polar surface area (TPSA) is 87.5 Å². The maximum absolute atomic E-state index is 12.7. The summed E-state index contributed by atoms with van der Waals surface area (Å²) in [5.41, 5.74) is 8.28. The molecular weight excluding hydrogens is 411 g/mol. The van der Waals surface area contributed by atoms with E-state index in [1.165, 1.54) is 0 Å². The molecule has 29 heavy (non-hydrogen) atoms. The number of benzene rings is 2. The summed E-state index contributed by atoms with van der Waals surface area (Å²) in [6, 6.07) is 16.9. The fourth-order valence-corrected chi connectivity index (χ4v) is 3.91. The van der Waals surface area contributed by atoms with Crippen LogP contribution >= 0.6 is 24.8 Å². The first kappa shape index (κ1) is 23.0. The van der Waals surface area contributed by atoms with Crippen molar-refractivity contribution in [3.63, 3.8) is 0 Å². The van der Waals surface area contributed by atoms with Crippen LogP contribution in [0, 0.1) is 0 Å². The second-order valence-corrected chi connectivity index (χ2v) is 7.33. The van der Waals surface area contributed by atoms with Crippen molar-refractivity contribution in [1.82, 2.24) is 4.90 Å². The van der Waals surface area contributed by atoms with Crippen LogP contribution < -0.4 is 16.4 Å². The van der Waals surface area contributed by atoms with Gasteiger partial charge < -0.3 is 21.3 Å². The first-order valence-corrected chi connectivity index (χ1v) is 9.34. The third kappa shape index (κ3) is 4.66. The number of piperidine rings is 1. The van der Waals surface area contributed by atoms with E-state index in [4.69, 9.17) is 5.73 Å². The van der Waals surface area contributed by atoms with Crippen molar-refractivity contribution < 1.29 is 9.59 Å². The summed E-state index contributed by atoms with van der Waals surface area (Å²) in [6.45, 7) is 1.04. The highest BCUT2D eigenvalue weighted by Crippen LogP contribution is 2.36. The number of hydrogen-bond acceptors (Lipinski definition) is 4. The summed E-state index contributed by atoms with van der Waals surface area (Å²) >= 11 is 0. The normalized spacial score (nSPS) is 17.7. The van der Waals surface area contributed by atoms with Gasteiger partial charge in [0.1, 0.15) is 5.54 Å². The van der Waals surface area contributed by atoms with Gasteiger partial charge in [0.05, 0.1) is 17.4 Å². The zero-order valence-electron chi connectivity index (χ0n) is 16.0. The van der Waals surface area contributed by atoms with Crippen molar-refractivity contribution in [2.24, 2.45) is 5.73 Å². The van der Waals surface area contributed by atoms with Gasteiger partial charge in [-0.2, -0.15) is 0 Å². The van der Waals surface area contributed by atoms with Gasteiger partial charge in [-0.05, 0) is 37.0 Å². The van der Waals surface area contributed by atoms with Crippen LogP contribution in [0.1, 0.15) is 18.4 Å². The highest BCUT2D eigenvalue weighted by molar-refractivity contribution is 6.06. The first-order valence-electron chi connectivity index (χ1n) is 9.34. The zero-order valence-corrected chi connectivity index (χ0v) is 17.6. The minimum absolute atomic E-state index is 0. The number of nitrogens with zero attached hydrogens (tertiary/aromatic N) is 1. The number of carbonyl (C=O) groups is 2. The Morgan fingerprint density at radius 3 is 2.24 bits per heavy atom. The van der Waals surface area contributed by atoms with Gasteiger partial charge in [0.2, 0.25) is 11.8 Å². The van der Waals surface area contributed by atoms with Crippen LogP contribution in [-0.2, 0) is 16.0 Å². The van der Waals surface area contributed by atoms with Gasteiger partial charge >= 0.3 is 0 Å². The molecule has 4 N–H and O–H groups in total. The van der Waals surface area contributed by atoms with Crippen LogP contribution in [-0.4, -0.2) is 41.4 Å². The molecule has 1 fully saturated rings. The van der Waals surface area contributed by atoms with E-state index in [-0.39, 0.29) is 36.6 Å². The Hall–Kier alpha value is -2.28. The van der Waals surface area contributed by atoms with Crippen molar-refractivity contribution in [3.05, 3.63) is 60.2 Å². The van der Waals surface area contributed by atoms with Crippen LogP contribution in [0.15, 0.2) is 54.6 Å². The zero-order chi connectivity index (χ0) is 18.9. The molecule has 2 aromatic carbocycles. The number of likely N-dealkylation sites (tertiary alicyclic amines) is 1. The fraction of sp³-hybridized carbons (Fsp3) is 0.333. The highest BCUT2D eigenvalue weighted by Gasteiger charge is 2.45. The molecule has 2 aromatic rings. The Labute approximate surface area is 183 Å². The maximum Gasteiger partial charge on any atom is 0.250 e.